The molecule has 1 aromatic rings. The molecule has 1 fully saturated rings. The maximum atomic E-state index is 12.6. The first-order valence-corrected chi connectivity index (χ1v) is 11.0. The summed E-state index contributed by atoms with van der Waals surface area (Å²) in [6.07, 6.45) is -1.46. The number of ether oxygens (including phenoxy) is 4. The van der Waals surface area contributed by atoms with Crippen molar-refractivity contribution in [2.45, 2.75) is 83.8 Å². The van der Waals surface area contributed by atoms with Crippen molar-refractivity contribution in [2.24, 2.45) is 0 Å². The predicted molar refractivity (Wildman–Crippen MR) is 112 cm³/mol. The van der Waals surface area contributed by atoms with Crippen molar-refractivity contribution in [3.63, 3.8) is 0 Å². The standard InChI is InChI=1S/C21H31N3O9/c1-4-7-14(26)30-11-13-18(32-15(27)8-5-2)19(33-16(28)9-6-3)21(31-13)23-20(29)17-12(25)10-22-24-17/h10,13,18-19,21,25H,4-9,11H2,1-3H3,(H,22,24)(H,23,29)/t13-,18-,19-,21?/m1/s1. The molecule has 1 unspecified atom stereocenters. The van der Waals surface area contributed by atoms with E-state index in [-0.39, 0.29) is 37.3 Å². The first kappa shape index (κ1) is 26.1. The fourth-order valence-electron chi connectivity index (χ4n) is 3.18. The van der Waals surface area contributed by atoms with Crippen LogP contribution in [0.1, 0.15) is 69.8 Å². The van der Waals surface area contributed by atoms with Gasteiger partial charge < -0.3 is 29.4 Å². The first-order valence-electron chi connectivity index (χ1n) is 11.0. The highest BCUT2D eigenvalue weighted by Crippen LogP contribution is 2.28. The number of carbonyl (C=O) groups is 4. The van der Waals surface area contributed by atoms with E-state index in [1.807, 2.05) is 6.92 Å². The van der Waals surface area contributed by atoms with Crippen molar-refractivity contribution in [2.75, 3.05) is 6.61 Å². The highest BCUT2D eigenvalue weighted by Gasteiger charge is 2.51. The van der Waals surface area contributed by atoms with Gasteiger partial charge in [0.05, 0.1) is 6.20 Å². The molecule has 1 aromatic heterocycles. The maximum absolute atomic E-state index is 12.6. The molecule has 2 heterocycles. The first-order chi connectivity index (χ1) is 15.8. The number of hydrogen-bond donors (Lipinski definition) is 3. The van der Waals surface area contributed by atoms with Gasteiger partial charge in [-0.3, -0.25) is 24.3 Å². The minimum Gasteiger partial charge on any atom is -0.504 e. The molecule has 1 saturated heterocycles. The number of esters is 3. The van der Waals surface area contributed by atoms with Crippen molar-refractivity contribution in [3.8, 4) is 5.75 Å². The second kappa shape index (κ2) is 12.8. The van der Waals surface area contributed by atoms with Gasteiger partial charge in [-0.1, -0.05) is 20.8 Å². The third-order valence-corrected chi connectivity index (χ3v) is 4.74. The van der Waals surface area contributed by atoms with Gasteiger partial charge in [0.15, 0.2) is 29.9 Å². The number of aromatic nitrogens is 2. The zero-order valence-electron chi connectivity index (χ0n) is 19.0. The van der Waals surface area contributed by atoms with E-state index in [9.17, 15) is 24.3 Å². The number of hydrogen-bond acceptors (Lipinski definition) is 10. The summed E-state index contributed by atoms with van der Waals surface area (Å²) in [5.41, 5.74) is -0.227. The zero-order valence-corrected chi connectivity index (χ0v) is 19.0. The van der Waals surface area contributed by atoms with Crippen molar-refractivity contribution in [3.05, 3.63) is 11.9 Å². The second-order valence-electron chi connectivity index (χ2n) is 7.54. The number of amides is 1. The smallest absolute Gasteiger partial charge is 0.306 e. The lowest BCUT2D eigenvalue weighted by molar-refractivity contribution is -0.168. The molecule has 0 spiro atoms. The van der Waals surface area contributed by atoms with Gasteiger partial charge in [0, 0.05) is 19.3 Å². The van der Waals surface area contributed by atoms with E-state index < -0.39 is 48.4 Å². The van der Waals surface area contributed by atoms with Gasteiger partial charge in [0.1, 0.15) is 12.7 Å². The minimum atomic E-state index is -1.24. The number of nitrogens with one attached hydrogen (secondary N) is 2. The van der Waals surface area contributed by atoms with Crippen LogP contribution in [0.3, 0.4) is 0 Å². The van der Waals surface area contributed by atoms with E-state index >= 15 is 0 Å². The average molecular weight is 469 g/mol. The Hall–Kier alpha value is -3.15. The van der Waals surface area contributed by atoms with Gasteiger partial charge in [-0.05, 0) is 19.3 Å². The van der Waals surface area contributed by atoms with Crippen LogP contribution in [0, 0.1) is 0 Å². The Kier molecular flexibility index (Phi) is 10.1. The van der Waals surface area contributed by atoms with Crippen LogP contribution >= 0.6 is 0 Å². The monoisotopic (exact) mass is 469 g/mol. The Labute approximate surface area is 191 Å². The molecule has 0 aliphatic carbocycles. The average Bonchev–Trinajstić information content (AvgIpc) is 3.31. The summed E-state index contributed by atoms with van der Waals surface area (Å²) >= 11 is 0. The van der Waals surface area contributed by atoms with Crippen LogP contribution in [-0.2, 0) is 33.3 Å². The molecule has 12 heteroatoms. The van der Waals surface area contributed by atoms with Crippen molar-refractivity contribution < 1.29 is 43.2 Å². The SMILES string of the molecule is CCCC(=O)OC[C@H]1OC(NC(=O)c2[nH]ncc2O)[C@H](OC(=O)CCC)[C@@H]1OC(=O)CCC. The molecule has 12 nitrogen and oxygen atoms in total. The lowest BCUT2D eigenvalue weighted by Gasteiger charge is -2.24. The van der Waals surface area contributed by atoms with Gasteiger partial charge in [-0.15, -0.1) is 0 Å². The summed E-state index contributed by atoms with van der Waals surface area (Å²) in [6.45, 7) is 5.14. The highest BCUT2D eigenvalue weighted by molar-refractivity contribution is 5.94. The number of aromatic hydroxyl groups is 1. The summed E-state index contributed by atoms with van der Waals surface area (Å²) < 4.78 is 22.0. The summed E-state index contributed by atoms with van der Waals surface area (Å²) in [5, 5.41) is 18.2. The third-order valence-electron chi connectivity index (χ3n) is 4.74. The van der Waals surface area contributed by atoms with E-state index in [1.165, 1.54) is 0 Å². The molecule has 4 atom stereocenters. The molecule has 184 valence electrons. The van der Waals surface area contributed by atoms with Crippen LogP contribution < -0.4 is 5.32 Å². The molecular formula is C21H31N3O9. The Morgan fingerprint density at radius 1 is 1.00 bits per heavy atom. The van der Waals surface area contributed by atoms with Crippen LogP contribution in [0.2, 0.25) is 0 Å². The number of carbonyl (C=O) groups excluding carboxylic acids is 4. The summed E-state index contributed by atoms with van der Waals surface area (Å²) in [6, 6.07) is 0. The summed E-state index contributed by atoms with van der Waals surface area (Å²) in [7, 11) is 0. The topological polar surface area (TPSA) is 166 Å². The normalized spacial score (nSPS) is 21.9. The van der Waals surface area contributed by atoms with Gasteiger partial charge in [-0.25, -0.2) is 0 Å². The molecule has 0 saturated carbocycles. The number of nitrogens with zero attached hydrogens (tertiary/aromatic N) is 1. The maximum Gasteiger partial charge on any atom is 0.306 e. The molecule has 0 aromatic carbocycles. The third kappa shape index (κ3) is 7.45. The summed E-state index contributed by atoms with van der Waals surface area (Å²) in [5.74, 6) is -2.76. The lowest BCUT2D eigenvalue weighted by atomic mass is 10.1. The Morgan fingerprint density at radius 2 is 1.58 bits per heavy atom. The van der Waals surface area contributed by atoms with Gasteiger partial charge in [0.25, 0.3) is 5.91 Å². The van der Waals surface area contributed by atoms with E-state index in [1.54, 1.807) is 13.8 Å². The van der Waals surface area contributed by atoms with E-state index in [0.717, 1.165) is 6.20 Å². The summed E-state index contributed by atoms with van der Waals surface area (Å²) in [4.78, 5) is 48.9. The van der Waals surface area contributed by atoms with Crippen LogP contribution in [0.25, 0.3) is 0 Å². The van der Waals surface area contributed by atoms with Crippen LogP contribution in [-0.4, -0.2) is 70.3 Å². The van der Waals surface area contributed by atoms with Crippen molar-refractivity contribution in [1.82, 2.24) is 15.5 Å². The van der Waals surface area contributed by atoms with E-state index in [4.69, 9.17) is 18.9 Å². The molecular weight excluding hydrogens is 438 g/mol. The molecule has 2 rings (SSSR count). The predicted octanol–water partition coefficient (Wildman–Crippen LogP) is 1.34. The van der Waals surface area contributed by atoms with Gasteiger partial charge in [-0.2, -0.15) is 5.10 Å². The fourth-order valence-corrected chi connectivity index (χ4v) is 3.18. The second-order valence-corrected chi connectivity index (χ2v) is 7.54. The molecule has 33 heavy (non-hydrogen) atoms. The quantitative estimate of drug-likeness (QED) is 0.300. The zero-order chi connectivity index (χ0) is 24.4. The largest absolute Gasteiger partial charge is 0.504 e. The van der Waals surface area contributed by atoms with Crippen molar-refractivity contribution in [1.29, 1.82) is 0 Å². The van der Waals surface area contributed by atoms with E-state index in [2.05, 4.69) is 15.5 Å². The van der Waals surface area contributed by atoms with Crippen LogP contribution in [0.4, 0.5) is 0 Å². The van der Waals surface area contributed by atoms with Crippen LogP contribution in [0.15, 0.2) is 6.20 Å². The lowest BCUT2D eigenvalue weighted by Crippen LogP contribution is -2.47. The Morgan fingerprint density at radius 3 is 2.12 bits per heavy atom. The molecule has 3 N–H and O–H groups in total. The van der Waals surface area contributed by atoms with Gasteiger partial charge >= 0.3 is 17.9 Å². The molecule has 1 aliphatic rings. The van der Waals surface area contributed by atoms with Crippen LogP contribution in [0.5, 0.6) is 5.75 Å². The minimum absolute atomic E-state index is 0.101. The number of rotatable bonds is 12. The molecule has 1 amide bonds. The molecule has 1 aliphatic heterocycles. The highest BCUT2D eigenvalue weighted by atomic mass is 16.7. The fraction of sp³-hybridized carbons (Fsp3) is 0.667. The molecule has 0 bridgehead atoms. The van der Waals surface area contributed by atoms with Gasteiger partial charge in [0.2, 0.25) is 0 Å². The van der Waals surface area contributed by atoms with E-state index in [0.29, 0.717) is 19.3 Å². The Balaban J connectivity index is 2.26. The Bertz CT molecular complexity index is 826. The molecule has 0 radical (unpaired) electrons. The number of H-pyrrole nitrogens is 1. The van der Waals surface area contributed by atoms with Crippen molar-refractivity contribution >= 4 is 23.8 Å². The number of aromatic amines is 1.